The zero-order chi connectivity index (χ0) is 16.7. The van der Waals surface area contributed by atoms with Gasteiger partial charge in [-0.15, -0.1) is 0 Å². The van der Waals surface area contributed by atoms with E-state index in [2.05, 4.69) is 12.2 Å². The molecule has 0 radical (unpaired) electrons. The number of ketones is 1. The fraction of sp³-hybridized carbons (Fsp3) is 0.556. The lowest BCUT2D eigenvalue weighted by atomic mass is 10.0. The minimum atomic E-state index is -0.0101. The van der Waals surface area contributed by atoms with Crippen LogP contribution in [0.3, 0.4) is 0 Å². The largest absolute Gasteiger partial charge is 0.484 e. The Hall–Kier alpha value is -1.88. The molecular weight excluding hydrogens is 292 g/mol. The van der Waals surface area contributed by atoms with Gasteiger partial charge in [0, 0.05) is 18.2 Å². The summed E-state index contributed by atoms with van der Waals surface area (Å²) in [7, 11) is 0. The Morgan fingerprint density at radius 1 is 1.30 bits per heavy atom. The molecule has 0 aliphatic carbocycles. The second kappa shape index (κ2) is 8.67. The van der Waals surface area contributed by atoms with Crippen LogP contribution in [-0.4, -0.2) is 48.9 Å². The topological polar surface area (TPSA) is 58.6 Å². The molecule has 1 fully saturated rings. The van der Waals surface area contributed by atoms with Crippen LogP contribution in [0.25, 0.3) is 0 Å². The summed E-state index contributed by atoms with van der Waals surface area (Å²) < 4.78 is 5.62. The third kappa shape index (κ3) is 5.06. The Kier molecular flexibility index (Phi) is 6.59. The fourth-order valence-corrected chi connectivity index (χ4v) is 2.90. The Labute approximate surface area is 138 Å². The lowest BCUT2D eigenvalue weighted by Crippen LogP contribution is -2.48. The molecule has 0 bridgehead atoms. The maximum Gasteiger partial charge on any atom is 0.260 e. The van der Waals surface area contributed by atoms with E-state index < -0.39 is 0 Å². The molecule has 0 aromatic heterocycles. The van der Waals surface area contributed by atoms with Gasteiger partial charge >= 0.3 is 0 Å². The number of rotatable bonds is 7. The van der Waals surface area contributed by atoms with Gasteiger partial charge in [-0.05, 0) is 51.4 Å². The summed E-state index contributed by atoms with van der Waals surface area (Å²) >= 11 is 0. The predicted octanol–water partition coefficient (Wildman–Crippen LogP) is 2.26. The van der Waals surface area contributed by atoms with Crippen molar-refractivity contribution in [3.05, 3.63) is 29.8 Å². The molecule has 1 saturated heterocycles. The molecule has 23 heavy (non-hydrogen) atoms. The summed E-state index contributed by atoms with van der Waals surface area (Å²) in [5, 5.41) is 3.32. The highest BCUT2D eigenvalue weighted by molar-refractivity contribution is 5.94. The van der Waals surface area contributed by atoms with Gasteiger partial charge in [-0.1, -0.05) is 19.1 Å². The molecule has 1 aromatic rings. The van der Waals surface area contributed by atoms with E-state index in [4.69, 9.17) is 4.74 Å². The summed E-state index contributed by atoms with van der Waals surface area (Å²) in [4.78, 5) is 25.9. The van der Waals surface area contributed by atoms with Crippen molar-refractivity contribution in [1.82, 2.24) is 10.2 Å². The van der Waals surface area contributed by atoms with Gasteiger partial charge in [0.15, 0.2) is 12.4 Å². The van der Waals surface area contributed by atoms with Crippen LogP contribution in [0.4, 0.5) is 0 Å². The number of hydrogen-bond donors (Lipinski definition) is 1. The van der Waals surface area contributed by atoms with Crippen LogP contribution >= 0.6 is 0 Å². The van der Waals surface area contributed by atoms with Gasteiger partial charge in [0.05, 0.1) is 0 Å². The summed E-state index contributed by atoms with van der Waals surface area (Å²) in [5.41, 5.74) is 0.596. The molecule has 0 atom stereocenters. The number of nitrogens with zero attached hydrogens (tertiary/aromatic N) is 1. The van der Waals surface area contributed by atoms with Crippen LogP contribution in [0.5, 0.6) is 5.75 Å². The van der Waals surface area contributed by atoms with Crippen LogP contribution in [0.2, 0.25) is 0 Å². The Morgan fingerprint density at radius 2 is 2.04 bits per heavy atom. The smallest absolute Gasteiger partial charge is 0.260 e. The van der Waals surface area contributed by atoms with Crippen molar-refractivity contribution in [3.63, 3.8) is 0 Å². The van der Waals surface area contributed by atoms with Crippen molar-refractivity contribution in [2.75, 3.05) is 26.2 Å². The fourth-order valence-electron chi connectivity index (χ4n) is 2.90. The third-order valence-corrected chi connectivity index (χ3v) is 4.14. The van der Waals surface area contributed by atoms with Crippen molar-refractivity contribution in [3.8, 4) is 5.75 Å². The number of carbonyl (C=O) groups is 2. The zero-order valence-electron chi connectivity index (χ0n) is 14.0. The van der Waals surface area contributed by atoms with Gasteiger partial charge in [-0.25, -0.2) is 0 Å². The van der Waals surface area contributed by atoms with Crippen LogP contribution < -0.4 is 10.1 Å². The number of benzene rings is 1. The second-order valence-corrected chi connectivity index (χ2v) is 5.94. The van der Waals surface area contributed by atoms with E-state index >= 15 is 0 Å². The minimum absolute atomic E-state index is 0.0101. The number of nitrogens with one attached hydrogen (secondary N) is 1. The molecule has 5 nitrogen and oxygen atoms in total. The van der Waals surface area contributed by atoms with E-state index in [1.807, 2.05) is 4.90 Å². The molecule has 1 amide bonds. The van der Waals surface area contributed by atoms with E-state index in [0.29, 0.717) is 17.4 Å². The van der Waals surface area contributed by atoms with E-state index in [1.165, 1.54) is 6.92 Å². The molecule has 0 unspecified atom stereocenters. The van der Waals surface area contributed by atoms with Crippen molar-refractivity contribution >= 4 is 11.7 Å². The molecule has 1 aromatic carbocycles. The van der Waals surface area contributed by atoms with E-state index in [9.17, 15) is 9.59 Å². The monoisotopic (exact) mass is 318 g/mol. The summed E-state index contributed by atoms with van der Waals surface area (Å²) in [6.07, 6.45) is 2.92. The maximum absolute atomic E-state index is 12.5. The van der Waals surface area contributed by atoms with Crippen molar-refractivity contribution in [2.45, 2.75) is 39.2 Å². The molecule has 5 heteroatoms. The lowest BCUT2D eigenvalue weighted by Gasteiger charge is -2.34. The van der Waals surface area contributed by atoms with Gasteiger partial charge in [0.1, 0.15) is 5.75 Å². The quantitative estimate of drug-likeness (QED) is 0.784. The van der Waals surface area contributed by atoms with Crippen molar-refractivity contribution in [2.24, 2.45) is 0 Å². The van der Waals surface area contributed by atoms with E-state index in [1.54, 1.807) is 24.3 Å². The van der Waals surface area contributed by atoms with Crippen LogP contribution in [0, 0.1) is 0 Å². The van der Waals surface area contributed by atoms with Crippen LogP contribution in [0.15, 0.2) is 24.3 Å². The number of ether oxygens (including phenoxy) is 1. The Bertz CT molecular complexity index is 539. The van der Waals surface area contributed by atoms with Gasteiger partial charge in [0.25, 0.3) is 5.91 Å². The van der Waals surface area contributed by atoms with Gasteiger partial charge in [0.2, 0.25) is 0 Å². The summed E-state index contributed by atoms with van der Waals surface area (Å²) in [6.45, 7) is 6.30. The molecule has 126 valence electrons. The summed E-state index contributed by atoms with van der Waals surface area (Å²) in [5.74, 6) is 0.573. The average molecular weight is 318 g/mol. The second-order valence-electron chi connectivity index (χ2n) is 5.94. The van der Waals surface area contributed by atoms with E-state index in [0.717, 1.165) is 38.9 Å². The zero-order valence-corrected chi connectivity index (χ0v) is 14.0. The lowest BCUT2D eigenvalue weighted by molar-refractivity contribution is -0.136. The van der Waals surface area contributed by atoms with Gasteiger partial charge < -0.3 is 15.0 Å². The number of carbonyl (C=O) groups excluding carboxylic acids is 2. The van der Waals surface area contributed by atoms with Crippen molar-refractivity contribution in [1.29, 1.82) is 0 Å². The molecule has 1 N–H and O–H groups in total. The highest BCUT2D eigenvalue weighted by Gasteiger charge is 2.24. The predicted molar refractivity (Wildman–Crippen MR) is 89.8 cm³/mol. The molecule has 0 saturated carbocycles. The maximum atomic E-state index is 12.5. The molecule has 1 aliphatic heterocycles. The molecule has 2 rings (SSSR count). The van der Waals surface area contributed by atoms with Crippen LogP contribution in [-0.2, 0) is 4.79 Å². The van der Waals surface area contributed by atoms with Gasteiger partial charge in [-0.3, -0.25) is 9.59 Å². The number of amides is 1. The summed E-state index contributed by atoms with van der Waals surface area (Å²) in [6, 6.07) is 7.28. The first-order valence-electron chi connectivity index (χ1n) is 8.35. The first kappa shape index (κ1) is 17.5. The number of piperidine rings is 1. The Morgan fingerprint density at radius 3 is 2.70 bits per heavy atom. The first-order chi connectivity index (χ1) is 11.1. The average Bonchev–Trinajstić information content (AvgIpc) is 2.58. The molecule has 0 spiro atoms. The van der Waals surface area contributed by atoms with Gasteiger partial charge in [-0.2, -0.15) is 0 Å². The highest BCUT2D eigenvalue weighted by atomic mass is 16.5. The molecular formula is C18H26N2O3. The third-order valence-electron chi connectivity index (χ3n) is 4.14. The number of hydrogen-bond acceptors (Lipinski definition) is 4. The SMILES string of the molecule is CCCN(C(=O)COc1cccc(C(C)=O)c1)C1CCNCC1. The highest BCUT2D eigenvalue weighted by Crippen LogP contribution is 2.16. The Balaban J connectivity index is 1.95. The molecule has 1 aliphatic rings. The number of Topliss-reactive ketones (excluding diaryl/α,β-unsaturated/α-hetero) is 1. The standard InChI is InChI=1S/C18H26N2O3/c1-3-11-20(16-7-9-19-10-8-16)18(22)13-23-17-6-4-5-15(12-17)14(2)21/h4-6,12,16,19H,3,7-11,13H2,1-2H3. The molecule has 1 heterocycles. The van der Waals surface area contributed by atoms with Crippen LogP contribution in [0.1, 0.15) is 43.5 Å². The first-order valence-corrected chi connectivity index (χ1v) is 8.35. The van der Waals surface area contributed by atoms with E-state index in [-0.39, 0.29) is 18.3 Å². The normalized spacial score (nSPS) is 15.2. The van der Waals surface area contributed by atoms with Crippen molar-refractivity contribution < 1.29 is 14.3 Å². The minimum Gasteiger partial charge on any atom is -0.484 e.